The molecule has 0 atom stereocenters. The molecule has 0 spiro atoms. The molecule has 1 aromatic heterocycles. The van der Waals surface area contributed by atoms with Gasteiger partial charge in [-0.2, -0.15) is 0 Å². The van der Waals surface area contributed by atoms with Crippen molar-refractivity contribution in [3.05, 3.63) is 35.0 Å². The Balaban J connectivity index is 2.69. The van der Waals surface area contributed by atoms with Crippen molar-refractivity contribution >= 4 is 28.4 Å². The summed E-state index contributed by atoms with van der Waals surface area (Å²) in [6.07, 6.45) is 0.359. The van der Waals surface area contributed by atoms with Gasteiger partial charge >= 0.3 is 5.97 Å². The molecule has 19 heavy (non-hydrogen) atoms. The zero-order chi connectivity index (χ0) is 14.2. The molecule has 0 unspecified atom stereocenters. The van der Waals surface area contributed by atoms with Gasteiger partial charge in [-0.1, -0.05) is 6.92 Å². The number of fused-ring (bicyclic) bond motifs is 1. The summed E-state index contributed by atoms with van der Waals surface area (Å²) in [5, 5.41) is 9.76. The number of aromatic amines is 1. The van der Waals surface area contributed by atoms with E-state index in [-0.39, 0.29) is 22.7 Å². The Morgan fingerprint density at radius 3 is 2.37 bits per heavy atom. The maximum atomic E-state index is 11.6. The third-order valence-corrected chi connectivity index (χ3v) is 2.99. The summed E-state index contributed by atoms with van der Waals surface area (Å²) < 4.78 is 0. The standard InChI is InChI=1S/C14H13NO4/c1-3-13(17)12-5-8-4-9(7(2)16)10(14(18)19)6-11(8)15-12/h4-6,15H,3H2,1-2H3,(H,18,19). The van der Waals surface area contributed by atoms with Crippen molar-refractivity contribution in [3.63, 3.8) is 0 Å². The molecular formula is C14H13NO4. The SMILES string of the molecule is CCC(=O)c1cc2cc(C(C)=O)c(C(=O)O)cc2[nH]1. The number of benzene rings is 1. The number of aromatic carboxylic acids is 1. The van der Waals surface area contributed by atoms with E-state index >= 15 is 0 Å². The molecule has 2 rings (SSSR count). The molecule has 0 radical (unpaired) electrons. The largest absolute Gasteiger partial charge is 0.478 e. The molecule has 0 aliphatic carbocycles. The Hall–Kier alpha value is -2.43. The van der Waals surface area contributed by atoms with Crippen molar-refractivity contribution in [3.8, 4) is 0 Å². The van der Waals surface area contributed by atoms with Crippen LogP contribution in [0.1, 0.15) is 51.5 Å². The first kappa shape index (κ1) is 13.0. The molecule has 0 saturated carbocycles. The second kappa shape index (κ2) is 4.68. The Kier molecular flexibility index (Phi) is 3.21. The van der Waals surface area contributed by atoms with Crippen LogP contribution < -0.4 is 0 Å². The molecule has 5 nitrogen and oxygen atoms in total. The van der Waals surface area contributed by atoms with Crippen LogP contribution in [0.25, 0.3) is 10.9 Å². The third-order valence-electron chi connectivity index (χ3n) is 2.99. The van der Waals surface area contributed by atoms with E-state index in [2.05, 4.69) is 4.98 Å². The molecule has 2 N–H and O–H groups in total. The van der Waals surface area contributed by atoms with Crippen LogP contribution >= 0.6 is 0 Å². The van der Waals surface area contributed by atoms with Crippen molar-refractivity contribution in [1.29, 1.82) is 0 Å². The molecule has 0 saturated heterocycles. The monoisotopic (exact) mass is 259 g/mol. The van der Waals surface area contributed by atoms with Crippen LogP contribution in [0.15, 0.2) is 18.2 Å². The van der Waals surface area contributed by atoms with Gasteiger partial charge in [0.05, 0.1) is 11.3 Å². The first-order chi connectivity index (χ1) is 8.93. The lowest BCUT2D eigenvalue weighted by Crippen LogP contribution is -2.05. The molecule has 0 aliphatic heterocycles. The van der Waals surface area contributed by atoms with Crippen LogP contribution in [-0.2, 0) is 0 Å². The zero-order valence-corrected chi connectivity index (χ0v) is 10.6. The van der Waals surface area contributed by atoms with E-state index in [0.29, 0.717) is 23.0 Å². The van der Waals surface area contributed by atoms with E-state index in [0.717, 1.165) is 0 Å². The lowest BCUT2D eigenvalue weighted by molar-refractivity contribution is 0.0692. The van der Waals surface area contributed by atoms with Crippen molar-refractivity contribution in [1.82, 2.24) is 4.98 Å². The van der Waals surface area contributed by atoms with Crippen molar-refractivity contribution in [2.24, 2.45) is 0 Å². The Bertz CT molecular complexity index is 646. The highest BCUT2D eigenvalue weighted by molar-refractivity contribution is 6.09. The van der Waals surface area contributed by atoms with Crippen LogP contribution in [0.2, 0.25) is 0 Å². The minimum absolute atomic E-state index is 0.0579. The molecule has 0 fully saturated rings. The highest BCUT2D eigenvalue weighted by Crippen LogP contribution is 2.22. The smallest absolute Gasteiger partial charge is 0.336 e. The van der Waals surface area contributed by atoms with Crippen molar-refractivity contribution in [2.45, 2.75) is 20.3 Å². The summed E-state index contributed by atoms with van der Waals surface area (Å²) in [5.74, 6) is -1.54. The molecular weight excluding hydrogens is 246 g/mol. The highest BCUT2D eigenvalue weighted by Gasteiger charge is 2.17. The second-order valence-electron chi connectivity index (χ2n) is 4.31. The normalized spacial score (nSPS) is 10.6. The Morgan fingerprint density at radius 2 is 1.84 bits per heavy atom. The topological polar surface area (TPSA) is 87.2 Å². The van der Waals surface area contributed by atoms with Gasteiger partial charge in [0.1, 0.15) is 0 Å². The van der Waals surface area contributed by atoms with Gasteiger partial charge in [0.25, 0.3) is 0 Å². The van der Waals surface area contributed by atoms with E-state index in [1.807, 2.05) is 0 Å². The predicted molar refractivity (Wildman–Crippen MR) is 69.9 cm³/mol. The number of Topliss-reactive ketones (excluding diaryl/α,β-unsaturated/α-hetero) is 2. The van der Waals surface area contributed by atoms with Crippen LogP contribution in [-0.4, -0.2) is 27.6 Å². The first-order valence-electron chi connectivity index (χ1n) is 5.88. The average molecular weight is 259 g/mol. The molecule has 2 aromatic rings. The average Bonchev–Trinajstić information content (AvgIpc) is 2.78. The molecule has 98 valence electrons. The fraction of sp³-hybridized carbons (Fsp3) is 0.214. The summed E-state index contributed by atoms with van der Waals surface area (Å²) in [6.45, 7) is 3.07. The van der Waals surface area contributed by atoms with Gasteiger partial charge in [0, 0.05) is 22.9 Å². The maximum Gasteiger partial charge on any atom is 0.336 e. The number of H-pyrrole nitrogens is 1. The van der Waals surface area contributed by atoms with Gasteiger partial charge in [0.2, 0.25) is 0 Å². The van der Waals surface area contributed by atoms with Crippen LogP contribution in [0.5, 0.6) is 0 Å². The van der Waals surface area contributed by atoms with Crippen molar-refractivity contribution in [2.75, 3.05) is 0 Å². The lowest BCUT2D eigenvalue weighted by Gasteiger charge is -2.02. The van der Waals surface area contributed by atoms with E-state index < -0.39 is 5.97 Å². The number of ketones is 2. The minimum atomic E-state index is -1.16. The van der Waals surface area contributed by atoms with E-state index in [9.17, 15) is 14.4 Å². The minimum Gasteiger partial charge on any atom is -0.478 e. The lowest BCUT2D eigenvalue weighted by atomic mass is 10.0. The third kappa shape index (κ3) is 2.27. The van der Waals surface area contributed by atoms with Gasteiger partial charge in [-0.05, 0) is 25.1 Å². The number of nitrogens with one attached hydrogen (secondary N) is 1. The summed E-state index contributed by atoms with van der Waals surface area (Å²) in [7, 11) is 0. The number of carbonyl (C=O) groups excluding carboxylic acids is 2. The van der Waals surface area contributed by atoms with Gasteiger partial charge in [-0.25, -0.2) is 4.79 Å². The summed E-state index contributed by atoms with van der Waals surface area (Å²) in [4.78, 5) is 37.1. The summed E-state index contributed by atoms with van der Waals surface area (Å²) in [5.41, 5.74) is 1.06. The number of carboxylic acid groups (broad SMARTS) is 1. The number of carboxylic acids is 1. The van der Waals surface area contributed by atoms with Gasteiger partial charge in [0.15, 0.2) is 11.6 Å². The zero-order valence-electron chi connectivity index (χ0n) is 10.6. The quantitative estimate of drug-likeness (QED) is 0.826. The van der Waals surface area contributed by atoms with E-state index in [4.69, 9.17) is 5.11 Å². The van der Waals surface area contributed by atoms with Gasteiger partial charge in [-0.3, -0.25) is 9.59 Å². The Labute approximate surface area is 109 Å². The Morgan fingerprint density at radius 1 is 1.16 bits per heavy atom. The summed E-state index contributed by atoms with van der Waals surface area (Å²) in [6, 6.07) is 4.53. The number of carbonyl (C=O) groups is 3. The fourth-order valence-corrected chi connectivity index (χ4v) is 1.99. The molecule has 5 heteroatoms. The highest BCUT2D eigenvalue weighted by atomic mass is 16.4. The first-order valence-corrected chi connectivity index (χ1v) is 5.88. The molecule has 0 amide bonds. The van der Waals surface area contributed by atoms with E-state index in [1.54, 1.807) is 13.0 Å². The van der Waals surface area contributed by atoms with Crippen LogP contribution in [0.3, 0.4) is 0 Å². The van der Waals surface area contributed by atoms with Gasteiger partial charge in [-0.15, -0.1) is 0 Å². The van der Waals surface area contributed by atoms with Gasteiger partial charge < -0.3 is 10.1 Å². The maximum absolute atomic E-state index is 11.6. The molecule has 0 bridgehead atoms. The fourth-order valence-electron chi connectivity index (χ4n) is 1.99. The number of hydrogen-bond acceptors (Lipinski definition) is 3. The number of hydrogen-bond donors (Lipinski definition) is 2. The molecule has 0 aliphatic rings. The van der Waals surface area contributed by atoms with Crippen LogP contribution in [0, 0.1) is 0 Å². The van der Waals surface area contributed by atoms with E-state index in [1.165, 1.54) is 19.1 Å². The number of rotatable bonds is 4. The molecule has 1 aromatic carbocycles. The number of aromatic nitrogens is 1. The summed E-state index contributed by atoms with van der Waals surface area (Å²) >= 11 is 0. The molecule has 1 heterocycles. The second-order valence-corrected chi connectivity index (χ2v) is 4.31. The van der Waals surface area contributed by atoms with Crippen molar-refractivity contribution < 1.29 is 19.5 Å². The predicted octanol–water partition coefficient (Wildman–Crippen LogP) is 2.66. The van der Waals surface area contributed by atoms with Crippen LogP contribution in [0.4, 0.5) is 0 Å².